The molecule has 0 unspecified atom stereocenters. The summed E-state index contributed by atoms with van der Waals surface area (Å²) in [6, 6.07) is 8.91. The molecule has 2 fully saturated rings. The Morgan fingerprint density at radius 1 is 1.05 bits per heavy atom. The minimum atomic E-state index is 0.0797. The molecule has 3 nitrogen and oxygen atoms in total. The predicted molar refractivity (Wildman–Crippen MR) is 93.5 cm³/mol. The Kier molecular flexibility index (Phi) is 5.16. The molecule has 2 aliphatic rings. The second-order valence-electron chi connectivity index (χ2n) is 6.23. The van der Waals surface area contributed by atoms with E-state index in [-0.39, 0.29) is 5.91 Å². The Morgan fingerprint density at radius 3 is 2.29 bits per heavy atom. The number of carbonyl (C=O) groups is 1. The van der Waals surface area contributed by atoms with Gasteiger partial charge in [-0.05, 0) is 98.5 Å². The van der Waals surface area contributed by atoms with Crippen molar-refractivity contribution in [3.05, 3.63) is 33.4 Å². The normalized spacial score (nSPS) is 26.7. The van der Waals surface area contributed by atoms with Crippen LogP contribution in [0.3, 0.4) is 0 Å². The number of hydrogen-bond donors (Lipinski definition) is 1. The van der Waals surface area contributed by atoms with Crippen molar-refractivity contribution in [2.45, 2.75) is 50.6 Å². The van der Waals surface area contributed by atoms with Gasteiger partial charge in [-0.1, -0.05) is 0 Å². The smallest absolute Gasteiger partial charge is 0.251 e. The minimum Gasteiger partial charge on any atom is -0.349 e. The summed E-state index contributed by atoms with van der Waals surface area (Å²) in [5.74, 6) is 0.0797. The third-order valence-electron chi connectivity index (χ3n) is 4.80. The highest BCUT2D eigenvalue weighted by atomic mass is 127. The van der Waals surface area contributed by atoms with Crippen LogP contribution in [-0.4, -0.2) is 36.0 Å². The van der Waals surface area contributed by atoms with Crippen LogP contribution in [0.25, 0.3) is 0 Å². The number of likely N-dealkylation sites (tertiary alicyclic amines) is 1. The van der Waals surface area contributed by atoms with Crippen LogP contribution in [0.2, 0.25) is 0 Å². The summed E-state index contributed by atoms with van der Waals surface area (Å²) in [5.41, 5.74) is 0.775. The lowest BCUT2D eigenvalue weighted by Gasteiger charge is -2.34. The van der Waals surface area contributed by atoms with Gasteiger partial charge in [0, 0.05) is 21.2 Å². The highest BCUT2D eigenvalue weighted by molar-refractivity contribution is 14.1. The first-order valence-electron chi connectivity index (χ1n) is 8.03. The Balaban J connectivity index is 1.48. The fourth-order valence-corrected chi connectivity index (χ4v) is 3.92. The average Bonchev–Trinajstić information content (AvgIpc) is 3.03. The molecule has 1 N–H and O–H groups in total. The second kappa shape index (κ2) is 7.09. The fraction of sp³-hybridized carbons (Fsp3) is 0.588. The number of nitrogens with one attached hydrogen (secondary N) is 1. The molecule has 1 aliphatic heterocycles. The Morgan fingerprint density at radius 2 is 1.67 bits per heavy atom. The minimum absolute atomic E-state index is 0.0797. The van der Waals surface area contributed by atoms with Crippen molar-refractivity contribution in [3.8, 4) is 0 Å². The first-order valence-corrected chi connectivity index (χ1v) is 9.11. The van der Waals surface area contributed by atoms with E-state index in [4.69, 9.17) is 0 Å². The molecule has 3 rings (SSSR count). The molecule has 0 bridgehead atoms. The van der Waals surface area contributed by atoms with Crippen molar-refractivity contribution in [2.75, 3.05) is 13.1 Å². The third-order valence-corrected chi connectivity index (χ3v) is 5.51. The molecule has 1 amide bonds. The summed E-state index contributed by atoms with van der Waals surface area (Å²) in [6.45, 7) is 2.56. The lowest BCUT2D eigenvalue weighted by atomic mass is 9.90. The molecule has 1 saturated heterocycles. The van der Waals surface area contributed by atoms with Crippen LogP contribution in [0.1, 0.15) is 48.9 Å². The maximum atomic E-state index is 12.2. The van der Waals surface area contributed by atoms with Crippen LogP contribution in [0.5, 0.6) is 0 Å². The highest BCUT2D eigenvalue weighted by Gasteiger charge is 2.28. The van der Waals surface area contributed by atoms with Gasteiger partial charge in [0.25, 0.3) is 5.91 Å². The summed E-state index contributed by atoms with van der Waals surface area (Å²) < 4.78 is 1.16. The largest absolute Gasteiger partial charge is 0.349 e. The molecule has 114 valence electrons. The van der Waals surface area contributed by atoms with Gasteiger partial charge in [-0.2, -0.15) is 0 Å². The first-order chi connectivity index (χ1) is 10.2. The van der Waals surface area contributed by atoms with Crippen molar-refractivity contribution < 1.29 is 4.79 Å². The van der Waals surface area contributed by atoms with E-state index in [1.165, 1.54) is 38.8 Å². The molecule has 1 aliphatic carbocycles. The fourth-order valence-electron chi connectivity index (χ4n) is 3.56. The van der Waals surface area contributed by atoms with Crippen LogP contribution < -0.4 is 5.32 Å². The first kappa shape index (κ1) is 15.3. The van der Waals surface area contributed by atoms with Crippen LogP contribution in [-0.2, 0) is 0 Å². The van der Waals surface area contributed by atoms with Gasteiger partial charge in [-0.25, -0.2) is 0 Å². The third kappa shape index (κ3) is 3.97. The highest BCUT2D eigenvalue weighted by Crippen LogP contribution is 2.26. The van der Waals surface area contributed by atoms with E-state index in [0.29, 0.717) is 6.04 Å². The van der Waals surface area contributed by atoms with E-state index < -0.39 is 0 Å². The standard InChI is InChI=1S/C17H23IN2O/c18-14-5-3-13(4-6-14)17(21)19-15-7-9-16(10-8-15)20-11-1-2-12-20/h3-6,15-16H,1-2,7-12H2,(H,19,21). The lowest BCUT2D eigenvalue weighted by Crippen LogP contribution is -2.43. The average molecular weight is 398 g/mol. The lowest BCUT2D eigenvalue weighted by molar-refractivity contribution is 0.0911. The van der Waals surface area contributed by atoms with E-state index in [9.17, 15) is 4.79 Å². The van der Waals surface area contributed by atoms with Crippen molar-refractivity contribution in [2.24, 2.45) is 0 Å². The van der Waals surface area contributed by atoms with Crippen molar-refractivity contribution >= 4 is 28.5 Å². The van der Waals surface area contributed by atoms with Gasteiger partial charge in [-0.3, -0.25) is 4.79 Å². The zero-order valence-corrected chi connectivity index (χ0v) is 14.5. The van der Waals surface area contributed by atoms with Gasteiger partial charge in [0.2, 0.25) is 0 Å². The number of carbonyl (C=O) groups excluding carboxylic acids is 1. The summed E-state index contributed by atoms with van der Waals surface area (Å²) in [6.07, 6.45) is 7.44. The molecule has 0 radical (unpaired) electrons. The van der Waals surface area contributed by atoms with Crippen molar-refractivity contribution in [1.82, 2.24) is 10.2 Å². The molecule has 4 heteroatoms. The Bertz CT molecular complexity index is 474. The Labute approximate surface area is 140 Å². The van der Waals surface area contributed by atoms with E-state index in [0.717, 1.165) is 28.0 Å². The molecule has 0 aromatic heterocycles. The number of rotatable bonds is 3. The van der Waals surface area contributed by atoms with Gasteiger partial charge < -0.3 is 10.2 Å². The van der Waals surface area contributed by atoms with E-state index in [2.05, 4.69) is 32.8 Å². The maximum Gasteiger partial charge on any atom is 0.251 e. The molecule has 0 spiro atoms. The van der Waals surface area contributed by atoms with Gasteiger partial charge >= 0.3 is 0 Å². The van der Waals surface area contributed by atoms with Crippen LogP contribution in [0.15, 0.2) is 24.3 Å². The number of amides is 1. The zero-order valence-electron chi connectivity index (χ0n) is 12.4. The van der Waals surface area contributed by atoms with Gasteiger partial charge in [0.1, 0.15) is 0 Å². The number of hydrogen-bond acceptors (Lipinski definition) is 2. The molecular weight excluding hydrogens is 375 g/mol. The maximum absolute atomic E-state index is 12.2. The number of halogens is 1. The number of nitrogens with zero attached hydrogens (tertiary/aromatic N) is 1. The zero-order chi connectivity index (χ0) is 14.7. The van der Waals surface area contributed by atoms with E-state index in [1.54, 1.807) is 0 Å². The molecule has 21 heavy (non-hydrogen) atoms. The van der Waals surface area contributed by atoms with Crippen LogP contribution in [0, 0.1) is 3.57 Å². The Hall–Kier alpha value is -0.620. The van der Waals surface area contributed by atoms with E-state index >= 15 is 0 Å². The summed E-state index contributed by atoms with van der Waals surface area (Å²) in [5, 5.41) is 3.21. The van der Waals surface area contributed by atoms with E-state index in [1.807, 2.05) is 24.3 Å². The second-order valence-corrected chi connectivity index (χ2v) is 7.47. The number of benzene rings is 1. The summed E-state index contributed by atoms with van der Waals surface area (Å²) in [4.78, 5) is 14.9. The molecule has 1 heterocycles. The molecule has 1 aromatic carbocycles. The van der Waals surface area contributed by atoms with Crippen LogP contribution in [0.4, 0.5) is 0 Å². The van der Waals surface area contributed by atoms with Crippen LogP contribution >= 0.6 is 22.6 Å². The molecule has 1 saturated carbocycles. The molecule has 0 atom stereocenters. The SMILES string of the molecule is O=C(NC1CCC(N2CCCC2)CC1)c1ccc(I)cc1. The predicted octanol–water partition coefficient (Wildman–Crippen LogP) is 3.43. The van der Waals surface area contributed by atoms with Gasteiger partial charge in [0.15, 0.2) is 0 Å². The topological polar surface area (TPSA) is 32.3 Å². The van der Waals surface area contributed by atoms with Crippen molar-refractivity contribution in [3.63, 3.8) is 0 Å². The summed E-state index contributed by atoms with van der Waals surface area (Å²) in [7, 11) is 0. The van der Waals surface area contributed by atoms with Gasteiger partial charge in [-0.15, -0.1) is 0 Å². The van der Waals surface area contributed by atoms with Gasteiger partial charge in [0.05, 0.1) is 0 Å². The quantitative estimate of drug-likeness (QED) is 0.792. The summed E-state index contributed by atoms with van der Waals surface area (Å²) >= 11 is 2.26. The molecular formula is C17H23IN2O. The van der Waals surface area contributed by atoms with Crippen molar-refractivity contribution in [1.29, 1.82) is 0 Å². The molecule has 1 aromatic rings. The monoisotopic (exact) mass is 398 g/mol.